The van der Waals surface area contributed by atoms with Crippen LogP contribution in [0, 0.1) is 57.3 Å². The van der Waals surface area contributed by atoms with Gasteiger partial charge in [0.05, 0.1) is 23.3 Å². The predicted molar refractivity (Wildman–Crippen MR) is 109 cm³/mol. The minimum Gasteiger partial charge on any atom is -0.192 e. The Morgan fingerprint density at radius 3 is 1.69 bits per heavy atom. The van der Waals surface area contributed by atoms with Crippen molar-refractivity contribution in [2.75, 3.05) is 0 Å². The maximum Gasteiger partial charge on any atom is 0.0998 e. The van der Waals surface area contributed by atoms with E-state index in [9.17, 15) is 10.5 Å². The fraction of sp³-hybridized carbons (Fsp3) is 0.250. The van der Waals surface area contributed by atoms with E-state index in [1.54, 1.807) is 0 Å². The lowest BCUT2D eigenvalue weighted by atomic mass is 9.91. The smallest absolute Gasteiger partial charge is 0.0998 e. The Bertz CT molecular complexity index is 1010. The van der Waals surface area contributed by atoms with Gasteiger partial charge in [0.15, 0.2) is 0 Å². The fourth-order valence-corrected chi connectivity index (χ4v) is 3.14. The first-order valence-corrected chi connectivity index (χ1v) is 8.70. The Labute approximate surface area is 156 Å². The number of benzene rings is 2. The predicted octanol–water partition coefficient (Wildman–Crippen LogP) is 6.22. The molecule has 0 heterocycles. The van der Waals surface area contributed by atoms with E-state index >= 15 is 0 Å². The minimum atomic E-state index is 0.641. The van der Waals surface area contributed by atoms with Crippen molar-refractivity contribution >= 4 is 17.2 Å². The van der Waals surface area contributed by atoms with Gasteiger partial charge in [-0.15, -0.1) is 0 Å². The lowest BCUT2D eigenvalue weighted by molar-refractivity contribution is 1.29. The number of nitriles is 2. The second kappa shape index (κ2) is 7.85. The molecule has 26 heavy (non-hydrogen) atoms. The van der Waals surface area contributed by atoms with Crippen LogP contribution in [0.2, 0.25) is 0 Å². The molecule has 0 spiro atoms. The molecule has 2 aromatic carbocycles. The van der Waals surface area contributed by atoms with Crippen molar-refractivity contribution in [3.8, 4) is 12.1 Å². The van der Waals surface area contributed by atoms with Gasteiger partial charge >= 0.3 is 0 Å². The third kappa shape index (κ3) is 3.76. The molecule has 2 rings (SSSR count). The summed E-state index contributed by atoms with van der Waals surface area (Å²) in [5.41, 5.74) is 9.83. The van der Waals surface area contributed by atoms with Crippen molar-refractivity contribution in [2.24, 2.45) is 0 Å². The monoisotopic (exact) mass is 340 g/mol. The highest BCUT2D eigenvalue weighted by atomic mass is 14.3. The summed E-state index contributed by atoms with van der Waals surface area (Å²) in [6.45, 7) is 12.1. The first-order valence-electron chi connectivity index (χ1n) is 8.70. The van der Waals surface area contributed by atoms with Gasteiger partial charge in [0, 0.05) is 0 Å². The van der Waals surface area contributed by atoms with Crippen molar-refractivity contribution in [1.82, 2.24) is 0 Å². The topological polar surface area (TPSA) is 47.6 Å². The van der Waals surface area contributed by atoms with E-state index < -0.39 is 0 Å². The summed E-state index contributed by atoms with van der Waals surface area (Å²) < 4.78 is 0. The van der Waals surface area contributed by atoms with Crippen LogP contribution in [-0.4, -0.2) is 0 Å². The maximum absolute atomic E-state index is 9.76. The van der Waals surface area contributed by atoms with Crippen LogP contribution in [0.3, 0.4) is 0 Å². The van der Waals surface area contributed by atoms with Crippen molar-refractivity contribution in [1.29, 1.82) is 10.5 Å². The summed E-state index contributed by atoms with van der Waals surface area (Å²) in [6.07, 6.45) is 3.78. The Morgan fingerprint density at radius 2 is 1.19 bits per heavy atom. The van der Waals surface area contributed by atoms with Gasteiger partial charge < -0.3 is 0 Å². The van der Waals surface area contributed by atoms with Crippen LogP contribution in [0.4, 0.5) is 0 Å². The van der Waals surface area contributed by atoms with Crippen LogP contribution in [0.15, 0.2) is 30.3 Å². The molecule has 0 aromatic heterocycles. The number of allylic oxidation sites excluding steroid dienone is 3. The third-order valence-electron chi connectivity index (χ3n) is 4.86. The Morgan fingerprint density at radius 1 is 0.692 bits per heavy atom. The van der Waals surface area contributed by atoms with Crippen molar-refractivity contribution in [3.63, 3.8) is 0 Å². The zero-order chi connectivity index (χ0) is 19.4. The Hall–Kier alpha value is -3.10. The van der Waals surface area contributed by atoms with Gasteiger partial charge in [-0.25, -0.2) is 0 Å². The number of nitrogens with zero attached hydrogens (tertiary/aromatic N) is 2. The standard InChI is InChI=1S/C24H24N2/c1-7-20(13-25)23-10-19(6)24(11-18(23)5)22(14-26)12-21-9-16(3)15(2)8-17(21)4/h7-12H,1-6H3/b20-7+,22-12+. The summed E-state index contributed by atoms with van der Waals surface area (Å²) in [5.74, 6) is 0. The number of hydrogen-bond donors (Lipinski definition) is 0. The highest BCUT2D eigenvalue weighted by molar-refractivity contribution is 5.92. The summed E-state index contributed by atoms with van der Waals surface area (Å²) in [7, 11) is 0. The maximum atomic E-state index is 9.76. The highest BCUT2D eigenvalue weighted by Gasteiger charge is 2.12. The lowest BCUT2D eigenvalue weighted by Crippen LogP contribution is -1.95. The van der Waals surface area contributed by atoms with E-state index in [0.717, 1.165) is 33.4 Å². The van der Waals surface area contributed by atoms with Crippen molar-refractivity contribution < 1.29 is 0 Å². The van der Waals surface area contributed by atoms with Crippen molar-refractivity contribution in [2.45, 2.75) is 41.5 Å². The molecule has 0 saturated heterocycles. The molecule has 0 aliphatic heterocycles. The average Bonchev–Trinajstić information content (AvgIpc) is 2.61. The molecule has 0 aliphatic rings. The zero-order valence-electron chi connectivity index (χ0n) is 16.4. The normalized spacial score (nSPS) is 11.8. The van der Waals surface area contributed by atoms with Crippen LogP contribution >= 0.6 is 0 Å². The fourth-order valence-electron chi connectivity index (χ4n) is 3.14. The molecule has 0 fully saturated rings. The van der Waals surface area contributed by atoms with Gasteiger partial charge in [0.2, 0.25) is 0 Å². The molecule has 0 bridgehead atoms. The number of rotatable bonds is 3. The van der Waals surface area contributed by atoms with Crippen LogP contribution < -0.4 is 0 Å². The van der Waals surface area contributed by atoms with Gasteiger partial charge in [-0.2, -0.15) is 10.5 Å². The van der Waals surface area contributed by atoms with Crippen molar-refractivity contribution in [3.05, 3.63) is 74.8 Å². The van der Waals surface area contributed by atoms with E-state index in [1.807, 2.05) is 45.1 Å². The second-order valence-electron chi connectivity index (χ2n) is 6.76. The van der Waals surface area contributed by atoms with E-state index in [0.29, 0.717) is 11.1 Å². The molecule has 0 radical (unpaired) electrons. The number of hydrogen-bond acceptors (Lipinski definition) is 2. The zero-order valence-corrected chi connectivity index (χ0v) is 16.4. The lowest BCUT2D eigenvalue weighted by Gasteiger charge is -2.12. The van der Waals surface area contributed by atoms with Gasteiger partial charge in [-0.1, -0.05) is 18.2 Å². The number of aryl methyl sites for hydroxylation is 5. The summed E-state index contributed by atoms with van der Waals surface area (Å²) in [5, 5.41) is 19.1. The minimum absolute atomic E-state index is 0.641. The Balaban J connectivity index is 2.63. The molecule has 0 aliphatic carbocycles. The van der Waals surface area contributed by atoms with E-state index in [4.69, 9.17) is 0 Å². The van der Waals surface area contributed by atoms with E-state index in [1.165, 1.54) is 11.1 Å². The van der Waals surface area contributed by atoms with Crippen LogP contribution in [0.25, 0.3) is 17.2 Å². The first-order chi connectivity index (χ1) is 12.3. The first kappa shape index (κ1) is 19.2. The highest BCUT2D eigenvalue weighted by Crippen LogP contribution is 2.29. The van der Waals surface area contributed by atoms with E-state index in [2.05, 4.69) is 45.0 Å². The van der Waals surface area contributed by atoms with Gasteiger partial charge in [-0.3, -0.25) is 0 Å². The summed E-state index contributed by atoms with van der Waals surface area (Å²) in [6, 6.07) is 12.9. The molecule has 0 amide bonds. The quantitative estimate of drug-likeness (QED) is 0.492. The summed E-state index contributed by atoms with van der Waals surface area (Å²) in [4.78, 5) is 0. The third-order valence-corrected chi connectivity index (χ3v) is 4.86. The van der Waals surface area contributed by atoms with Gasteiger partial charge in [0.25, 0.3) is 0 Å². The summed E-state index contributed by atoms with van der Waals surface area (Å²) >= 11 is 0. The van der Waals surface area contributed by atoms with Gasteiger partial charge in [-0.05, 0) is 104 Å². The van der Waals surface area contributed by atoms with Crippen LogP contribution in [0.5, 0.6) is 0 Å². The molecule has 2 aromatic rings. The average molecular weight is 340 g/mol. The molecule has 2 nitrogen and oxygen atoms in total. The molecule has 130 valence electrons. The van der Waals surface area contributed by atoms with Gasteiger partial charge in [0.1, 0.15) is 0 Å². The molecule has 0 N–H and O–H groups in total. The molecule has 0 unspecified atom stereocenters. The molecule has 0 saturated carbocycles. The molecular weight excluding hydrogens is 316 g/mol. The largest absolute Gasteiger partial charge is 0.192 e. The van der Waals surface area contributed by atoms with Crippen LogP contribution in [0.1, 0.15) is 51.4 Å². The molecule has 2 heteroatoms. The SMILES string of the molecule is C/C=C(\C#N)c1cc(C)c(/C(C#N)=C/c2cc(C)c(C)cc2C)cc1C. The second-order valence-corrected chi connectivity index (χ2v) is 6.76. The van der Waals surface area contributed by atoms with E-state index in [-0.39, 0.29) is 0 Å². The molecule has 0 atom stereocenters. The Kier molecular flexibility index (Phi) is 5.81. The molecular formula is C24H24N2. The van der Waals surface area contributed by atoms with Crippen LogP contribution in [-0.2, 0) is 0 Å².